The molecule has 1 aromatic carbocycles. The second-order valence-electron chi connectivity index (χ2n) is 5.23. The average molecular weight is 246 g/mol. The molecule has 1 nitrogen and oxygen atoms in total. The molecule has 0 amide bonds. The van der Waals surface area contributed by atoms with Gasteiger partial charge in [-0.05, 0) is 19.3 Å². The Labute approximate surface area is 112 Å². The van der Waals surface area contributed by atoms with Crippen molar-refractivity contribution in [2.45, 2.75) is 59.3 Å². The van der Waals surface area contributed by atoms with Gasteiger partial charge in [-0.1, -0.05) is 70.4 Å². The van der Waals surface area contributed by atoms with E-state index < -0.39 is 0 Å². The van der Waals surface area contributed by atoms with Crippen molar-refractivity contribution in [1.29, 1.82) is 0 Å². The Morgan fingerprint density at radius 1 is 0.889 bits per heavy atom. The van der Waals surface area contributed by atoms with Gasteiger partial charge in [0.25, 0.3) is 0 Å². The molecule has 0 aliphatic carbocycles. The third kappa shape index (κ3) is 3.44. The molecular weight excluding hydrogens is 220 g/mol. The van der Waals surface area contributed by atoms with E-state index >= 15 is 0 Å². The Kier molecular flexibility index (Phi) is 6.11. The van der Waals surface area contributed by atoms with E-state index in [1.807, 2.05) is 30.3 Å². The van der Waals surface area contributed by atoms with Crippen LogP contribution in [0, 0.1) is 5.41 Å². The highest BCUT2D eigenvalue weighted by molar-refractivity contribution is 6.00. The van der Waals surface area contributed by atoms with E-state index in [1.165, 1.54) is 0 Å². The quantitative estimate of drug-likeness (QED) is 0.572. The van der Waals surface area contributed by atoms with Crippen LogP contribution in [0.4, 0.5) is 0 Å². The topological polar surface area (TPSA) is 17.1 Å². The summed E-state index contributed by atoms with van der Waals surface area (Å²) in [5.74, 6) is 0.355. The van der Waals surface area contributed by atoms with Crippen molar-refractivity contribution in [3.63, 3.8) is 0 Å². The first-order valence-corrected chi connectivity index (χ1v) is 7.30. The van der Waals surface area contributed by atoms with Crippen LogP contribution in [0.3, 0.4) is 0 Å². The van der Waals surface area contributed by atoms with Gasteiger partial charge in [-0.2, -0.15) is 0 Å². The molecular formula is C17H26O. The number of hydrogen-bond donors (Lipinski definition) is 0. The Bertz CT molecular complexity index is 336. The Balaban J connectivity index is 3.04. The summed E-state index contributed by atoms with van der Waals surface area (Å²) >= 11 is 0. The number of hydrogen-bond acceptors (Lipinski definition) is 1. The molecule has 0 atom stereocenters. The second-order valence-corrected chi connectivity index (χ2v) is 5.23. The molecule has 0 spiro atoms. The summed E-state index contributed by atoms with van der Waals surface area (Å²) in [4.78, 5) is 12.8. The number of ketones is 1. The molecule has 0 aliphatic rings. The van der Waals surface area contributed by atoms with E-state index in [2.05, 4.69) is 20.8 Å². The van der Waals surface area contributed by atoms with E-state index in [9.17, 15) is 4.79 Å². The lowest BCUT2D eigenvalue weighted by Gasteiger charge is -2.32. The minimum Gasteiger partial charge on any atom is -0.294 e. The van der Waals surface area contributed by atoms with Crippen molar-refractivity contribution >= 4 is 5.78 Å². The first-order chi connectivity index (χ1) is 8.70. The molecule has 0 aliphatic heterocycles. The van der Waals surface area contributed by atoms with Gasteiger partial charge < -0.3 is 0 Å². The van der Waals surface area contributed by atoms with Crippen molar-refractivity contribution in [2.24, 2.45) is 5.41 Å². The lowest BCUT2D eigenvalue weighted by Crippen LogP contribution is -2.31. The van der Waals surface area contributed by atoms with Crippen LogP contribution >= 0.6 is 0 Å². The van der Waals surface area contributed by atoms with Crippen LogP contribution in [0.2, 0.25) is 0 Å². The molecule has 0 heterocycles. The number of Topliss-reactive ketones (excluding diaryl/α,β-unsaturated/α-hetero) is 1. The van der Waals surface area contributed by atoms with Gasteiger partial charge in [0, 0.05) is 11.0 Å². The fourth-order valence-electron chi connectivity index (χ4n) is 3.05. The molecule has 0 N–H and O–H groups in total. The summed E-state index contributed by atoms with van der Waals surface area (Å²) in [5.41, 5.74) is 0.757. The molecule has 0 saturated carbocycles. The van der Waals surface area contributed by atoms with Crippen LogP contribution in [0.25, 0.3) is 0 Å². The minimum atomic E-state index is -0.125. The lowest BCUT2D eigenvalue weighted by atomic mass is 9.70. The molecule has 1 heteroatoms. The average Bonchev–Trinajstić information content (AvgIpc) is 2.39. The summed E-state index contributed by atoms with van der Waals surface area (Å²) in [6.07, 6.45) is 6.29. The monoisotopic (exact) mass is 246 g/mol. The highest BCUT2D eigenvalue weighted by atomic mass is 16.1. The number of carbonyl (C=O) groups is 1. The van der Waals surface area contributed by atoms with Gasteiger partial charge in [0.15, 0.2) is 5.78 Å². The van der Waals surface area contributed by atoms with Crippen LogP contribution in [0.15, 0.2) is 30.3 Å². The summed E-state index contributed by atoms with van der Waals surface area (Å²) in [5, 5.41) is 0. The predicted octanol–water partition coefficient (Wildman–Crippen LogP) is 5.26. The highest BCUT2D eigenvalue weighted by Crippen LogP contribution is 2.38. The maximum absolute atomic E-state index is 12.8. The van der Waals surface area contributed by atoms with Gasteiger partial charge in [0.2, 0.25) is 0 Å². The van der Waals surface area contributed by atoms with Crippen molar-refractivity contribution in [2.75, 3.05) is 0 Å². The van der Waals surface area contributed by atoms with Crippen molar-refractivity contribution < 1.29 is 4.79 Å². The van der Waals surface area contributed by atoms with Gasteiger partial charge in [-0.15, -0.1) is 0 Å². The van der Waals surface area contributed by atoms with Crippen LogP contribution in [0.1, 0.15) is 69.7 Å². The molecule has 1 rings (SSSR count). The van der Waals surface area contributed by atoms with Gasteiger partial charge in [-0.25, -0.2) is 0 Å². The summed E-state index contributed by atoms with van der Waals surface area (Å²) in [6.45, 7) is 6.54. The summed E-state index contributed by atoms with van der Waals surface area (Å²) < 4.78 is 0. The fourth-order valence-corrected chi connectivity index (χ4v) is 3.05. The van der Waals surface area contributed by atoms with Crippen molar-refractivity contribution in [1.82, 2.24) is 0 Å². The maximum atomic E-state index is 12.8. The zero-order valence-corrected chi connectivity index (χ0v) is 12.0. The van der Waals surface area contributed by atoms with Gasteiger partial charge >= 0.3 is 0 Å². The zero-order chi connectivity index (χ0) is 13.4. The van der Waals surface area contributed by atoms with E-state index in [0.717, 1.165) is 44.1 Å². The number of rotatable bonds is 8. The molecule has 0 bridgehead atoms. The van der Waals surface area contributed by atoms with Crippen molar-refractivity contribution in [3.05, 3.63) is 35.9 Å². The van der Waals surface area contributed by atoms with Gasteiger partial charge in [-0.3, -0.25) is 4.79 Å². The fraction of sp³-hybridized carbons (Fsp3) is 0.588. The Morgan fingerprint density at radius 3 is 1.72 bits per heavy atom. The SMILES string of the molecule is CCCC(CCC)(CCC)C(=O)c1ccccc1. The molecule has 1 aromatic rings. The van der Waals surface area contributed by atoms with E-state index in [-0.39, 0.29) is 5.41 Å². The van der Waals surface area contributed by atoms with E-state index in [0.29, 0.717) is 5.78 Å². The van der Waals surface area contributed by atoms with Crippen LogP contribution in [-0.4, -0.2) is 5.78 Å². The second kappa shape index (κ2) is 7.35. The van der Waals surface area contributed by atoms with Crippen LogP contribution in [0.5, 0.6) is 0 Å². The molecule has 0 fully saturated rings. The first-order valence-electron chi connectivity index (χ1n) is 7.30. The van der Waals surface area contributed by atoms with E-state index in [1.54, 1.807) is 0 Å². The molecule has 18 heavy (non-hydrogen) atoms. The highest BCUT2D eigenvalue weighted by Gasteiger charge is 2.35. The van der Waals surface area contributed by atoms with Gasteiger partial charge in [0.05, 0.1) is 0 Å². The lowest BCUT2D eigenvalue weighted by molar-refractivity contribution is 0.0732. The van der Waals surface area contributed by atoms with Crippen LogP contribution in [-0.2, 0) is 0 Å². The first kappa shape index (κ1) is 14.9. The molecule has 0 unspecified atom stereocenters. The molecule has 0 aromatic heterocycles. The molecule has 0 saturated heterocycles. The van der Waals surface area contributed by atoms with Crippen molar-refractivity contribution in [3.8, 4) is 0 Å². The Morgan fingerprint density at radius 2 is 1.33 bits per heavy atom. The zero-order valence-electron chi connectivity index (χ0n) is 12.0. The number of benzene rings is 1. The third-order valence-electron chi connectivity index (χ3n) is 3.70. The molecule has 0 radical (unpaired) electrons. The molecule has 100 valence electrons. The van der Waals surface area contributed by atoms with Crippen LogP contribution < -0.4 is 0 Å². The summed E-state index contributed by atoms with van der Waals surface area (Å²) in [7, 11) is 0. The predicted molar refractivity (Wildman–Crippen MR) is 77.9 cm³/mol. The number of carbonyl (C=O) groups excluding carboxylic acids is 1. The summed E-state index contributed by atoms with van der Waals surface area (Å²) in [6, 6.07) is 9.80. The minimum absolute atomic E-state index is 0.125. The Hall–Kier alpha value is -1.11. The largest absolute Gasteiger partial charge is 0.294 e. The van der Waals surface area contributed by atoms with Gasteiger partial charge in [0.1, 0.15) is 0 Å². The third-order valence-corrected chi connectivity index (χ3v) is 3.70. The normalized spacial score (nSPS) is 11.5. The standard InChI is InChI=1S/C17H26O/c1-4-12-17(13-5-2,14-6-3)16(18)15-10-8-7-9-11-15/h7-11H,4-6,12-14H2,1-3H3. The maximum Gasteiger partial charge on any atom is 0.168 e. The van der Waals surface area contributed by atoms with E-state index in [4.69, 9.17) is 0 Å². The smallest absolute Gasteiger partial charge is 0.168 e.